The van der Waals surface area contributed by atoms with Gasteiger partial charge in [0.05, 0.1) is 36.9 Å². The van der Waals surface area contributed by atoms with E-state index in [0.717, 1.165) is 12.0 Å². The smallest absolute Gasteiger partial charge is 0.345 e. The second-order valence-electron chi connectivity index (χ2n) is 12.8. The van der Waals surface area contributed by atoms with Crippen LogP contribution in [0.5, 0.6) is 5.75 Å². The summed E-state index contributed by atoms with van der Waals surface area (Å²) in [5.74, 6) is -0.0686. The Labute approximate surface area is 256 Å². The Morgan fingerprint density at radius 2 is 1.84 bits per heavy atom. The fraction of sp³-hybridized carbons (Fsp3) is 0.676. The molecule has 1 aliphatic rings. The lowest BCUT2D eigenvalue weighted by atomic mass is 9.82. The minimum Gasteiger partial charge on any atom is -0.507 e. The van der Waals surface area contributed by atoms with E-state index in [1.54, 1.807) is 26.0 Å². The molecule has 0 radical (unpaired) electrons. The molecule has 244 valence electrons. The number of allylic oxidation sites excluding steroid dienone is 3. The van der Waals surface area contributed by atoms with Gasteiger partial charge >= 0.3 is 5.63 Å². The molecule has 43 heavy (non-hydrogen) atoms. The summed E-state index contributed by atoms with van der Waals surface area (Å²) in [7, 11) is 0. The minimum atomic E-state index is -1.50. The van der Waals surface area contributed by atoms with Crippen molar-refractivity contribution in [3.63, 3.8) is 0 Å². The lowest BCUT2D eigenvalue weighted by Gasteiger charge is -2.36. The molecule has 0 saturated carbocycles. The van der Waals surface area contributed by atoms with E-state index < -0.39 is 53.9 Å². The number of aliphatic hydroxyl groups is 5. The highest BCUT2D eigenvalue weighted by atomic mass is 16.5. The van der Waals surface area contributed by atoms with Crippen molar-refractivity contribution in [2.24, 2.45) is 11.8 Å². The zero-order valence-electron chi connectivity index (χ0n) is 26.7. The van der Waals surface area contributed by atoms with E-state index in [2.05, 4.69) is 26.8 Å². The van der Waals surface area contributed by atoms with Gasteiger partial charge in [0.2, 0.25) is 0 Å². The third kappa shape index (κ3) is 10.7. The van der Waals surface area contributed by atoms with Crippen molar-refractivity contribution in [3.05, 3.63) is 63.3 Å². The van der Waals surface area contributed by atoms with Crippen LogP contribution < -0.4 is 5.63 Å². The van der Waals surface area contributed by atoms with Crippen molar-refractivity contribution in [1.29, 1.82) is 0 Å². The molecular weight excluding hydrogens is 552 g/mol. The van der Waals surface area contributed by atoms with Crippen LogP contribution in [-0.4, -0.2) is 68.3 Å². The van der Waals surface area contributed by atoms with Gasteiger partial charge in [0.25, 0.3) is 0 Å². The molecule has 6 N–H and O–H groups in total. The average molecular weight is 607 g/mol. The van der Waals surface area contributed by atoms with Crippen LogP contribution in [0, 0.1) is 11.8 Å². The molecule has 2 rings (SSSR count). The summed E-state index contributed by atoms with van der Waals surface area (Å²) in [4.78, 5) is 12.9. The molecule has 0 spiro atoms. The first kappa shape index (κ1) is 36.9. The number of unbranched alkanes of at least 4 members (excludes halogenated alkanes) is 3. The van der Waals surface area contributed by atoms with Gasteiger partial charge in [-0.25, -0.2) is 4.79 Å². The molecule has 7 atom stereocenters. The van der Waals surface area contributed by atoms with Gasteiger partial charge in [0, 0.05) is 18.4 Å². The van der Waals surface area contributed by atoms with Gasteiger partial charge in [0.1, 0.15) is 29.3 Å². The normalized spacial score (nSPS) is 24.3. The van der Waals surface area contributed by atoms with Gasteiger partial charge in [-0.3, -0.25) is 0 Å². The van der Waals surface area contributed by atoms with Crippen molar-refractivity contribution < 1.29 is 39.8 Å². The van der Waals surface area contributed by atoms with Crippen molar-refractivity contribution in [1.82, 2.24) is 0 Å². The Balaban J connectivity index is 2.14. The number of aliphatic hydroxyl groups excluding tert-OH is 5. The van der Waals surface area contributed by atoms with Gasteiger partial charge in [-0.2, -0.15) is 0 Å². The molecule has 0 aromatic carbocycles. The van der Waals surface area contributed by atoms with Gasteiger partial charge in [-0.1, -0.05) is 81.4 Å². The van der Waals surface area contributed by atoms with E-state index in [4.69, 9.17) is 9.15 Å². The first-order valence-corrected chi connectivity index (χ1v) is 15.6. The zero-order chi connectivity index (χ0) is 32.3. The van der Waals surface area contributed by atoms with Gasteiger partial charge in [-0.15, -0.1) is 0 Å². The quantitative estimate of drug-likeness (QED) is 0.0899. The van der Waals surface area contributed by atoms with Crippen LogP contribution in [0.3, 0.4) is 0 Å². The van der Waals surface area contributed by atoms with Gasteiger partial charge in [0.15, 0.2) is 0 Å². The Morgan fingerprint density at radius 3 is 2.44 bits per heavy atom. The largest absolute Gasteiger partial charge is 0.507 e. The predicted molar refractivity (Wildman–Crippen MR) is 167 cm³/mol. The molecule has 0 amide bonds. The third-order valence-electron chi connectivity index (χ3n) is 8.33. The highest BCUT2D eigenvalue weighted by Crippen LogP contribution is 2.37. The fourth-order valence-corrected chi connectivity index (χ4v) is 5.56. The van der Waals surface area contributed by atoms with E-state index in [1.807, 2.05) is 13.0 Å². The summed E-state index contributed by atoms with van der Waals surface area (Å²) in [6, 6.07) is 1.20. The van der Waals surface area contributed by atoms with Crippen molar-refractivity contribution in [2.75, 3.05) is 13.2 Å². The molecule has 2 heterocycles. The molecule has 1 aromatic heterocycles. The van der Waals surface area contributed by atoms with E-state index in [9.17, 15) is 35.4 Å². The fourth-order valence-electron chi connectivity index (χ4n) is 5.56. The van der Waals surface area contributed by atoms with E-state index in [0.29, 0.717) is 5.92 Å². The minimum absolute atomic E-state index is 0.0118. The Kier molecular flexibility index (Phi) is 14.8. The average Bonchev–Trinajstić information content (AvgIpc) is 2.95. The lowest BCUT2D eigenvalue weighted by molar-refractivity contribution is -0.180. The highest BCUT2D eigenvalue weighted by molar-refractivity contribution is 5.36. The number of ether oxygens (including phenoxy) is 1. The van der Waals surface area contributed by atoms with Crippen molar-refractivity contribution in [2.45, 2.75) is 122 Å². The first-order chi connectivity index (χ1) is 20.2. The zero-order valence-corrected chi connectivity index (χ0v) is 26.7. The Morgan fingerprint density at radius 1 is 1.14 bits per heavy atom. The Bertz CT molecular complexity index is 1150. The van der Waals surface area contributed by atoms with E-state index >= 15 is 0 Å². The molecule has 0 bridgehead atoms. The molecule has 1 saturated heterocycles. The SMILES string of the molecule is CCCCCC[C@H](C)C/C(C)=C\[C@H](/C=C(C)/C=C/[C@H](O)C(C)(C)c1cc(O)c([C@@H]2O[C@H](CO)C[C@H](O)[C@H]2O)c(=O)o1)CO. The predicted octanol–water partition coefficient (Wildman–Crippen LogP) is 4.58. The third-order valence-corrected chi connectivity index (χ3v) is 8.33. The standard InChI is InChI=1S/C34H54O9/c1-7-8-9-10-11-21(2)14-23(4)16-24(19-35)15-22(3)12-13-28(39)34(5,6)29-18-26(37)30(33(41)43-29)32-31(40)27(38)17-25(20-36)42-32/h12-13,15-16,18,21,24-25,27-28,31-32,35-40H,7-11,14,17,19-20H2,1-6H3/b13-12+,22-15+,23-16-/t21-,24-,25-,27-,28-,31+,32-/m0/s1. The van der Waals surface area contributed by atoms with Crippen molar-refractivity contribution in [3.8, 4) is 5.75 Å². The van der Waals surface area contributed by atoms with E-state index in [1.165, 1.54) is 43.7 Å². The maximum atomic E-state index is 12.9. The highest BCUT2D eigenvalue weighted by Gasteiger charge is 2.41. The molecule has 1 fully saturated rings. The van der Waals surface area contributed by atoms with Crippen molar-refractivity contribution >= 4 is 0 Å². The van der Waals surface area contributed by atoms with Gasteiger partial charge < -0.3 is 39.8 Å². The Hall–Kier alpha value is -2.27. The molecular formula is C34H54O9. The molecule has 0 unspecified atom stereocenters. The second-order valence-corrected chi connectivity index (χ2v) is 12.8. The lowest BCUT2D eigenvalue weighted by Crippen LogP contribution is -2.46. The van der Waals surface area contributed by atoms with Crippen LogP contribution in [-0.2, 0) is 10.2 Å². The first-order valence-electron chi connectivity index (χ1n) is 15.6. The van der Waals surface area contributed by atoms with Crippen LogP contribution in [0.1, 0.15) is 104 Å². The summed E-state index contributed by atoms with van der Waals surface area (Å²) >= 11 is 0. The van der Waals surface area contributed by atoms with Crippen LogP contribution in [0.4, 0.5) is 0 Å². The molecule has 0 aliphatic carbocycles. The topological polar surface area (TPSA) is 161 Å². The number of hydrogen-bond acceptors (Lipinski definition) is 9. The molecule has 1 aliphatic heterocycles. The summed E-state index contributed by atoms with van der Waals surface area (Å²) in [6.45, 7) is 11.3. The van der Waals surface area contributed by atoms with Crippen LogP contribution in [0.25, 0.3) is 0 Å². The van der Waals surface area contributed by atoms with Crippen LogP contribution >= 0.6 is 0 Å². The maximum absolute atomic E-state index is 12.9. The number of aromatic hydroxyl groups is 1. The molecule has 9 heteroatoms. The van der Waals surface area contributed by atoms with Gasteiger partial charge in [-0.05, 0) is 40.0 Å². The summed E-state index contributed by atoms with van der Waals surface area (Å²) in [5, 5.41) is 61.7. The number of rotatable bonds is 16. The van der Waals surface area contributed by atoms with E-state index in [-0.39, 0.29) is 30.3 Å². The monoisotopic (exact) mass is 606 g/mol. The number of hydrogen-bond donors (Lipinski definition) is 6. The second kappa shape index (κ2) is 17.3. The van der Waals surface area contributed by atoms with Crippen LogP contribution in [0.2, 0.25) is 0 Å². The van der Waals surface area contributed by atoms with Crippen LogP contribution in [0.15, 0.2) is 50.7 Å². The molecule has 1 aromatic rings. The summed E-state index contributed by atoms with van der Waals surface area (Å²) in [5.41, 5.74) is -0.399. The summed E-state index contributed by atoms with van der Waals surface area (Å²) in [6.07, 6.45) is 8.44. The summed E-state index contributed by atoms with van der Waals surface area (Å²) < 4.78 is 11.0. The molecule has 9 nitrogen and oxygen atoms in total. The maximum Gasteiger partial charge on any atom is 0.345 e.